The molecule has 1 aromatic rings. The summed E-state index contributed by atoms with van der Waals surface area (Å²) < 4.78 is 27.7. The maximum Gasteiger partial charge on any atom is 0.473 e. The number of aliphatic hydroxyl groups is 1. The second-order valence-corrected chi connectivity index (χ2v) is 5.76. The molecule has 0 aromatic carbocycles. The zero-order valence-electron chi connectivity index (χ0n) is 10.7. The van der Waals surface area contributed by atoms with Gasteiger partial charge in [0, 0.05) is 6.20 Å². The fourth-order valence-electron chi connectivity index (χ4n) is 2.27. The van der Waals surface area contributed by atoms with Crippen LogP contribution in [-0.2, 0) is 18.3 Å². The van der Waals surface area contributed by atoms with Crippen molar-refractivity contribution in [1.82, 2.24) is 15.7 Å². The summed E-state index contributed by atoms with van der Waals surface area (Å²) in [7, 11) is -4.21. The summed E-state index contributed by atoms with van der Waals surface area (Å²) >= 11 is 0. The first kappa shape index (κ1) is 16.0. The summed E-state index contributed by atoms with van der Waals surface area (Å²) in [5.41, 5.74) is 4.69. The lowest BCUT2D eigenvalue weighted by Gasteiger charge is -2.18. The van der Waals surface area contributed by atoms with E-state index >= 15 is 0 Å². The van der Waals surface area contributed by atoms with Crippen LogP contribution in [0.25, 0.3) is 0 Å². The van der Waals surface area contributed by atoms with Crippen LogP contribution >= 0.6 is 7.82 Å². The molecule has 0 radical (unpaired) electrons. The van der Waals surface area contributed by atoms with Crippen molar-refractivity contribution in [2.45, 2.75) is 24.5 Å². The van der Waals surface area contributed by atoms with Crippen LogP contribution in [0.5, 0.6) is 0 Å². The molecule has 3 unspecified atom stereocenters. The van der Waals surface area contributed by atoms with Crippen LogP contribution in [0.4, 0.5) is 5.82 Å². The summed E-state index contributed by atoms with van der Waals surface area (Å²) in [5.74, 6) is 0.0379. The van der Waals surface area contributed by atoms with Gasteiger partial charge in [-0.2, -0.15) is 4.98 Å². The molecular weight excluding hydrogens is 307 g/mol. The molecule has 3 rings (SSSR count). The van der Waals surface area contributed by atoms with Crippen molar-refractivity contribution in [3.63, 3.8) is 0 Å². The van der Waals surface area contributed by atoms with Gasteiger partial charge in [-0.3, -0.25) is 13.6 Å². The Kier molecular flexibility index (Phi) is 4.17. The van der Waals surface area contributed by atoms with E-state index in [0.717, 1.165) is 4.57 Å². The van der Waals surface area contributed by atoms with Gasteiger partial charge in [0.05, 0.1) is 6.61 Å². The number of phosphoric acid groups is 1. The van der Waals surface area contributed by atoms with E-state index in [-0.39, 0.29) is 12.0 Å². The topological polar surface area (TPSA) is 181 Å². The zero-order valence-corrected chi connectivity index (χ0v) is 11.6. The Morgan fingerprint density at radius 3 is 2.71 bits per heavy atom. The number of nitrogens with two attached hydrogens (primary N) is 1. The van der Waals surface area contributed by atoms with Crippen molar-refractivity contribution in [2.24, 2.45) is 0 Å². The van der Waals surface area contributed by atoms with Crippen molar-refractivity contribution < 1.29 is 28.3 Å². The number of hydrogen-bond acceptors (Lipinski definition) is 9. The van der Waals surface area contributed by atoms with E-state index in [1.807, 2.05) is 0 Å². The molecule has 2 fully saturated rings. The first-order valence-corrected chi connectivity index (χ1v) is 7.21. The molecule has 1 aromatic heterocycles. The second-order valence-electron chi connectivity index (χ2n) is 4.40. The fraction of sp³-hybridized carbons (Fsp3) is 0.556. The fourth-order valence-corrected chi connectivity index (χ4v) is 3.42. The normalized spacial score (nSPS) is 38.0. The first-order chi connectivity index (χ1) is 9.41. The molecule has 118 valence electrons. The van der Waals surface area contributed by atoms with Gasteiger partial charge in [-0.15, -0.1) is 0 Å². The van der Waals surface area contributed by atoms with E-state index in [2.05, 4.69) is 4.98 Å². The third-order valence-corrected chi connectivity index (χ3v) is 4.12. The number of nitrogen functional groups attached to an aromatic ring is 1. The maximum atomic E-state index is 11.8. The van der Waals surface area contributed by atoms with E-state index in [1.165, 1.54) is 12.3 Å². The molecule has 0 aliphatic carbocycles. The summed E-state index contributed by atoms with van der Waals surface area (Å²) in [5, 5.41) is 9.21. The van der Waals surface area contributed by atoms with E-state index in [4.69, 9.17) is 19.5 Å². The first-order valence-electron chi connectivity index (χ1n) is 5.72. The Bertz CT molecular complexity index is 637. The smallest absolute Gasteiger partial charge is 0.394 e. The highest BCUT2D eigenvalue weighted by Crippen LogP contribution is 2.58. The summed E-state index contributed by atoms with van der Waals surface area (Å²) in [4.78, 5) is 24.7. The molecule has 2 aliphatic heterocycles. The average Bonchev–Trinajstić information content (AvgIpc) is 2.83. The minimum Gasteiger partial charge on any atom is -0.394 e. The van der Waals surface area contributed by atoms with Crippen LogP contribution in [0.3, 0.4) is 0 Å². The molecule has 7 N–H and O–H groups in total. The van der Waals surface area contributed by atoms with Gasteiger partial charge in [0.1, 0.15) is 24.1 Å². The number of hydrogen-bond donors (Lipinski definition) is 4. The largest absolute Gasteiger partial charge is 0.473 e. The number of aliphatic hydroxyl groups excluding tert-OH is 1. The minimum atomic E-state index is -4.21. The molecule has 3 heterocycles. The van der Waals surface area contributed by atoms with E-state index in [9.17, 15) is 19.4 Å². The number of phosphoric ester groups is 1. The van der Waals surface area contributed by atoms with Gasteiger partial charge in [-0.05, 0) is 6.07 Å². The molecule has 21 heavy (non-hydrogen) atoms. The second kappa shape index (κ2) is 5.46. The van der Waals surface area contributed by atoms with Gasteiger partial charge in [0.2, 0.25) is 0 Å². The van der Waals surface area contributed by atoms with Crippen LogP contribution in [0.1, 0.15) is 6.23 Å². The van der Waals surface area contributed by atoms with Gasteiger partial charge < -0.3 is 26.6 Å². The lowest BCUT2D eigenvalue weighted by molar-refractivity contribution is -0.0624. The Labute approximate surface area is 118 Å². The average molecular weight is 322 g/mol. The number of fused-ring (bicyclic) bond motifs is 1. The van der Waals surface area contributed by atoms with Crippen LogP contribution in [0.15, 0.2) is 17.1 Å². The Hall–Kier alpha value is -1.33. The number of nitrogens with zero attached hydrogens (tertiary/aromatic N) is 2. The molecular formula is C9H15N4O7P. The van der Waals surface area contributed by atoms with Gasteiger partial charge >= 0.3 is 13.5 Å². The Balaban J connectivity index is 0.00000161. The Morgan fingerprint density at radius 1 is 1.43 bits per heavy atom. The van der Waals surface area contributed by atoms with Gasteiger partial charge in [0.25, 0.3) is 0 Å². The zero-order chi connectivity index (χ0) is 14.5. The lowest BCUT2D eigenvalue weighted by Crippen LogP contribution is -2.34. The number of ether oxygens (including phenoxy) is 1. The van der Waals surface area contributed by atoms with Crippen LogP contribution in [-0.4, -0.2) is 44.5 Å². The molecule has 0 amide bonds. The summed E-state index contributed by atoms with van der Waals surface area (Å²) in [6.07, 6.45) is -2.51. The standard InChI is InChI=1S/C9H12N3O7P.H3N/c10-5-1-2-12(9(14)11-5)8-7-6(4(3-13)17-8)18-20(15,16)19-7;/h1-2,4,6-8,13H,3H2,(H,15,16)(H2,10,11,14);1H3/t4-,6?,7?,8-;/m0./s1. The summed E-state index contributed by atoms with van der Waals surface area (Å²) in [6, 6.07) is 1.38. The van der Waals surface area contributed by atoms with Gasteiger partial charge in [-0.1, -0.05) is 0 Å². The summed E-state index contributed by atoms with van der Waals surface area (Å²) in [6.45, 7) is -0.446. The highest BCUT2D eigenvalue weighted by atomic mass is 31.2. The third-order valence-electron chi connectivity index (χ3n) is 3.10. The number of anilines is 1. The van der Waals surface area contributed by atoms with Crippen molar-refractivity contribution >= 4 is 13.6 Å². The van der Waals surface area contributed by atoms with Crippen molar-refractivity contribution in [1.29, 1.82) is 0 Å². The predicted molar refractivity (Wildman–Crippen MR) is 68.5 cm³/mol. The quantitative estimate of drug-likeness (QED) is 0.481. The highest BCUT2D eigenvalue weighted by Gasteiger charge is 2.57. The van der Waals surface area contributed by atoms with Crippen LogP contribution in [0.2, 0.25) is 0 Å². The van der Waals surface area contributed by atoms with E-state index in [0.29, 0.717) is 0 Å². The molecule has 11 nitrogen and oxygen atoms in total. The molecule has 0 saturated carbocycles. The predicted octanol–water partition coefficient (Wildman–Crippen LogP) is -1.24. The van der Waals surface area contributed by atoms with Crippen molar-refractivity contribution in [2.75, 3.05) is 12.3 Å². The van der Waals surface area contributed by atoms with Gasteiger partial charge in [-0.25, -0.2) is 9.36 Å². The van der Waals surface area contributed by atoms with Gasteiger partial charge in [0.15, 0.2) is 6.23 Å². The third kappa shape index (κ3) is 2.72. The van der Waals surface area contributed by atoms with Crippen molar-refractivity contribution in [3.05, 3.63) is 22.7 Å². The minimum absolute atomic E-state index is 0. The molecule has 0 spiro atoms. The monoisotopic (exact) mass is 322 g/mol. The van der Waals surface area contributed by atoms with E-state index < -0.39 is 44.7 Å². The Morgan fingerprint density at radius 2 is 2.10 bits per heavy atom. The van der Waals surface area contributed by atoms with E-state index in [1.54, 1.807) is 0 Å². The number of rotatable bonds is 2. The van der Waals surface area contributed by atoms with Crippen LogP contribution < -0.4 is 17.6 Å². The molecule has 0 bridgehead atoms. The van der Waals surface area contributed by atoms with Crippen LogP contribution in [0, 0.1) is 0 Å². The highest BCUT2D eigenvalue weighted by molar-refractivity contribution is 7.47. The molecule has 5 atom stereocenters. The SMILES string of the molecule is N.Nc1ccn([C@H]2O[C@@H](CO)C3OP(=O)(O)OC32)c(=O)n1. The number of aromatic nitrogens is 2. The molecule has 2 aliphatic rings. The van der Waals surface area contributed by atoms with Crippen molar-refractivity contribution in [3.8, 4) is 0 Å². The lowest BCUT2D eigenvalue weighted by atomic mass is 10.1. The maximum absolute atomic E-state index is 11.8. The molecule has 2 saturated heterocycles. The molecule has 12 heteroatoms.